The summed E-state index contributed by atoms with van der Waals surface area (Å²) in [5, 5.41) is 3.78. The molecule has 0 bridgehead atoms. The van der Waals surface area contributed by atoms with Crippen molar-refractivity contribution in [2.24, 2.45) is 5.41 Å². The summed E-state index contributed by atoms with van der Waals surface area (Å²) in [5.41, 5.74) is 0.293. The highest BCUT2D eigenvalue weighted by atomic mass is 32.2. The molecule has 0 aromatic carbocycles. The molecule has 0 radical (unpaired) electrons. The van der Waals surface area contributed by atoms with E-state index in [1.165, 1.54) is 18.6 Å². The zero-order chi connectivity index (χ0) is 12.2. The molecule has 2 nitrogen and oxygen atoms in total. The van der Waals surface area contributed by atoms with Crippen LogP contribution in [0.4, 0.5) is 0 Å². The van der Waals surface area contributed by atoms with Crippen LogP contribution in [0, 0.1) is 5.41 Å². The van der Waals surface area contributed by atoms with Gasteiger partial charge in [0.05, 0.1) is 6.10 Å². The van der Waals surface area contributed by atoms with Crippen molar-refractivity contribution in [2.75, 3.05) is 18.6 Å². The van der Waals surface area contributed by atoms with Crippen molar-refractivity contribution in [2.45, 2.75) is 58.7 Å². The molecule has 0 aromatic rings. The van der Waals surface area contributed by atoms with E-state index < -0.39 is 0 Å². The highest BCUT2D eigenvalue weighted by Gasteiger charge is 2.49. The number of hydrogen-bond acceptors (Lipinski definition) is 3. The molecule has 16 heavy (non-hydrogen) atoms. The standard InChI is InChI=1S/C13H27NOS/c1-6-10(9-16-5)14-11-8-12(15-7-2)13(11,3)4/h10-12,14H,6-9H2,1-5H3. The molecule has 0 heterocycles. The van der Waals surface area contributed by atoms with Gasteiger partial charge in [0.15, 0.2) is 0 Å². The van der Waals surface area contributed by atoms with Gasteiger partial charge < -0.3 is 10.1 Å². The molecule has 1 aliphatic rings. The summed E-state index contributed by atoms with van der Waals surface area (Å²) < 4.78 is 5.75. The Kier molecular flexibility index (Phi) is 5.62. The Morgan fingerprint density at radius 2 is 2.12 bits per heavy atom. The van der Waals surface area contributed by atoms with E-state index in [0.717, 1.165) is 6.61 Å². The molecule has 1 saturated carbocycles. The number of rotatable bonds is 7. The zero-order valence-corrected chi connectivity index (χ0v) is 12.2. The summed E-state index contributed by atoms with van der Waals surface area (Å²) in [6, 6.07) is 1.28. The van der Waals surface area contributed by atoms with Crippen LogP contribution in [0.25, 0.3) is 0 Å². The molecular weight excluding hydrogens is 218 g/mol. The van der Waals surface area contributed by atoms with Gasteiger partial charge in [0.25, 0.3) is 0 Å². The first-order valence-electron chi connectivity index (χ1n) is 6.42. The second-order valence-electron chi connectivity index (χ2n) is 5.28. The SMILES string of the molecule is CCOC1CC(NC(CC)CSC)C1(C)C. The lowest BCUT2D eigenvalue weighted by Crippen LogP contribution is -2.63. The normalized spacial score (nSPS) is 29.8. The molecule has 0 aliphatic heterocycles. The molecule has 0 saturated heterocycles. The summed E-state index contributed by atoms with van der Waals surface area (Å²) in [4.78, 5) is 0. The van der Waals surface area contributed by atoms with E-state index in [4.69, 9.17) is 4.74 Å². The third kappa shape index (κ3) is 3.14. The van der Waals surface area contributed by atoms with Crippen LogP contribution in [-0.4, -0.2) is 36.8 Å². The first-order valence-corrected chi connectivity index (χ1v) is 7.82. The van der Waals surface area contributed by atoms with Gasteiger partial charge in [-0.15, -0.1) is 0 Å². The first kappa shape index (κ1) is 14.3. The minimum absolute atomic E-state index is 0.293. The van der Waals surface area contributed by atoms with Crippen LogP contribution in [0.15, 0.2) is 0 Å². The Balaban J connectivity index is 2.40. The van der Waals surface area contributed by atoms with Crippen molar-refractivity contribution in [1.82, 2.24) is 5.32 Å². The second-order valence-corrected chi connectivity index (χ2v) is 6.19. The molecule has 3 atom stereocenters. The smallest absolute Gasteiger partial charge is 0.0655 e. The van der Waals surface area contributed by atoms with Gasteiger partial charge in [-0.2, -0.15) is 11.8 Å². The van der Waals surface area contributed by atoms with Gasteiger partial charge in [-0.05, 0) is 26.0 Å². The predicted molar refractivity (Wildman–Crippen MR) is 73.2 cm³/mol. The lowest BCUT2D eigenvalue weighted by molar-refractivity contribution is -0.116. The van der Waals surface area contributed by atoms with Crippen LogP contribution >= 0.6 is 11.8 Å². The van der Waals surface area contributed by atoms with Crippen LogP contribution in [0.2, 0.25) is 0 Å². The highest BCUT2D eigenvalue weighted by molar-refractivity contribution is 7.98. The minimum atomic E-state index is 0.293. The quantitative estimate of drug-likeness (QED) is 0.745. The third-order valence-electron chi connectivity index (χ3n) is 3.84. The average molecular weight is 245 g/mol. The van der Waals surface area contributed by atoms with Gasteiger partial charge in [-0.25, -0.2) is 0 Å². The molecule has 3 heteroatoms. The minimum Gasteiger partial charge on any atom is -0.378 e. The van der Waals surface area contributed by atoms with Crippen LogP contribution in [0.1, 0.15) is 40.5 Å². The molecule has 1 N–H and O–H groups in total. The van der Waals surface area contributed by atoms with Crippen LogP contribution in [0.3, 0.4) is 0 Å². The molecule has 1 rings (SSSR count). The van der Waals surface area contributed by atoms with E-state index in [-0.39, 0.29) is 0 Å². The van der Waals surface area contributed by atoms with E-state index in [1.54, 1.807) is 0 Å². The topological polar surface area (TPSA) is 21.3 Å². The van der Waals surface area contributed by atoms with E-state index in [1.807, 2.05) is 11.8 Å². The molecule has 1 fully saturated rings. The van der Waals surface area contributed by atoms with E-state index in [2.05, 4.69) is 39.3 Å². The first-order chi connectivity index (χ1) is 7.56. The highest BCUT2D eigenvalue weighted by Crippen LogP contribution is 2.43. The number of thioether (sulfide) groups is 1. The fourth-order valence-corrected chi connectivity index (χ4v) is 3.16. The van der Waals surface area contributed by atoms with Crippen LogP contribution in [0.5, 0.6) is 0 Å². The Bertz CT molecular complexity index is 208. The van der Waals surface area contributed by atoms with E-state index in [0.29, 0.717) is 23.6 Å². The molecule has 0 spiro atoms. The zero-order valence-electron chi connectivity index (χ0n) is 11.4. The fourth-order valence-electron chi connectivity index (χ4n) is 2.42. The Morgan fingerprint density at radius 3 is 2.56 bits per heavy atom. The van der Waals surface area contributed by atoms with E-state index >= 15 is 0 Å². The summed E-state index contributed by atoms with van der Waals surface area (Å²) >= 11 is 1.93. The average Bonchev–Trinajstić information content (AvgIpc) is 2.26. The monoisotopic (exact) mass is 245 g/mol. The Labute approximate surface area is 105 Å². The fraction of sp³-hybridized carbons (Fsp3) is 1.00. The lowest BCUT2D eigenvalue weighted by atomic mass is 9.64. The second kappa shape index (κ2) is 6.27. The molecule has 0 amide bonds. The molecule has 3 unspecified atom stereocenters. The van der Waals surface area contributed by atoms with Gasteiger partial charge >= 0.3 is 0 Å². The molecule has 96 valence electrons. The molecular formula is C13H27NOS. The Hall–Kier alpha value is 0.270. The maximum absolute atomic E-state index is 5.75. The largest absolute Gasteiger partial charge is 0.378 e. The number of nitrogens with one attached hydrogen (secondary N) is 1. The van der Waals surface area contributed by atoms with Crippen LogP contribution < -0.4 is 5.32 Å². The molecule has 0 aromatic heterocycles. The van der Waals surface area contributed by atoms with E-state index in [9.17, 15) is 0 Å². The van der Waals surface area contributed by atoms with Crippen molar-refractivity contribution in [3.63, 3.8) is 0 Å². The van der Waals surface area contributed by atoms with Gasteiger partial charge in [-0.3, -0.25) is 0 Å². The maximum atomic E-state index is 5.75. The lowest BCUT2D eigenvalue weighted by Gasteiger charge is -2.53. The van der Waals surface area contributed by atoms with Gasteiger partial charge in [0.2, 0.25) is 0 Å². The Morgan fingerprint density at radius 1 is 1.44 bits per heavy atom. The van der Waals surface area contributed by atoms with Crippen molar-refractivity contribution in [3.8, 4) is 0 Å². The van der Waals surface area contributed by atoms with Gasteiger partial charge in [0.1, 0.15) is 0 Å². The summed E-state index contributed by atoms with van der Waals surface area (Å²) in [6.07, 6.45) is 5.01. The van der Waals surface area contributed by atoms with Gasteiger partial charge in [0, 0.05) is 29.9 Å². The summed E-state index contributed by atoms with van der Waals surface area (Å²) in [6.45, 7) is 9.82. The van der Waals surface area contributed by atoms with Gasteiger partial charge in [-0.1, -0.05) is 20.8 Å². The van der Waals surface area contributed by atoms with Crippen molar-refractivity contribution >= 4 is 11.8 Å². The third-order valence-corrected chi connectivity index (χ3v) is 4.58. The number of hydrogen-bond donors (Lipinski definition) is 1. The van der Waals surface area contributed by atoms with Crippen molar-refractivity contribution < 1.29 is 4.74 Å². The molecule has 1 aliphatic carbocycles. The summed E-state index contributed by atoms with van der Waals surface area (Å²) in [7, 11) is 0. The van der Waals surface area contributed by atoms with Crippen molar-refractivity contribution in [3.05, 3.63) is 0 Å². The maximum Gasteiger partial charge on any atom is 0.0655 e. The number of ether oxygens (including phenoxy) is 1. The predicted octanol–water partition coefficient (Wildman–Crippen LogP) is 2.92. The van der Waals surface area contributed by atoms with Crippen LogP contribution in [-0.2, 0) is 4.74 Å². The summed E-state index contributed by atoms with van der Waals surface area (Å²) in [5.74, 6) is 1.21. The van der Waals surface area contributed by atoms with Crippen molar-refractivity contribution in [1.29, 1.82) is 0 Å².